The monoisotopic (exact) mass is 2150 g/mol. The van der Waals surface area contributed by atoms with E-state index in [-0.39, 0.29) is 153 Å². The number of rotatable bonds is 17. The zero-order chi connectivity index (χ0) is 109. The molecule has 43 nitrogen and oxygen atoms in total. The number of primary amides is 1. The molecule has 3 spiro atoms. The first-order valence-electron chi connectivity index (χ1n) is 49.9. The number of halogens is 1. The van der Waals surface area contributed by atoms with Crippen molar-refractivity contribution in [2.75, 3.05) is 32.8 Å². The van der Waals surface area contributed by atoms with Crippen LogP contribution in [-0.2, 0) is 122 Å². The minimum Gasteiger partial charge on any atom is -0.481 e. The summed E-state index contributed by atoms with van der Waals surface area (Å²) in [6, 6.07) is 8.67. The first kappa shape index (κ1) is 116. The summed E-state index contributed by atoms with van der Waals surface area (Å²) in [6.45, 7) is 10.1. The van der Waals surface area contributed by atoms with Crippen LogP contribution in [0.4, 0.5) is 4.79 Å². The molecule has 3 fully saturated rings. The van der Waals surface area contributed by atoms with Gasteiger partial charge in [-0.25, -0.2) is 9.59 Å². The predicted molar refractivity (Wildman–Crippen MR) is 548 cm³/mol. The van der Waals surface area contributed by atoms with Crippen molar-refractivity contribution in [1.29, 1.82) is 0 Å². The average molecular weight is 2150 g/mol. The highest BCUT2D eigenvalue weighted by Crippen LogP contribution is 2.36. The number of hydrogen-bond acceptors (Lipinski definition) is 23. The number of ether oxygens (including phenoxy) is 1. The highest BCUT2D eigenvalue weighted by atomic mass is 79.9. The second-order valence-corrected chi connectivity index (χ2v) is 42.0. The molecule has 0 aliphatic carbocycles. The standard InChI is InChI=1S/C104H135BrN18O25S/c1-60(83(106)130)108-85(132)71-39-40-80(125)107-46-26-22-37-70-91(138)121-103(97(145)116-75(53-65-33-18-20-36-69(65)105)88(135)114-74(87(134)111-71)54-67-58-149-79-38-21-19-35-68(67)79)45-48-122(59-103)99(147)148-49-27-14-10-9-11-23-41-102(42-24-12-13-25-43-104(44-29-47-123(104)62(3)124)98(146)118-77(56-82(128)129)90(137)115-78(93(140)120-102)57-100(4,5)6)96(144)117-76(55-81(126)127)89(136)113-73(52-64-32-28-34-66(50-64)94(141)142)92(139)119-101(7,8)95(143)109-61(2)84(131)112-72(86(133)110-70)51-63-30-16-15-17-31-63/h9-10,13,15-21,25,28,30-36,38,50,58,60-61,70-78H,11-12,14,22-24,26-27,29,37,39-49,51-57,59H2,1-8H3,(H2,106,130)(H,107,125)(H,108,132)(H,109,143)(H,110,133)(H,111,134)(H,112,131)(H,113,136)(H,114,135)(H,115,137)(H,116,145)(H,117,144)(H,118,146)(H,119,139)(H,120,140)(H,121,138)(H,126,127)(H,128,129)(H,141,142)/b10-9+,25-13+/t60-,61-,70-,71-,72-,73-,74-,75-,76-,77-,78-,102+,103-,104-/m0/s1. The number of hydrogen-bond donors (Lipinski definition) is 19. The summed E-state index contributed by atoms with van der Waals surface area (Å²) in [5.41, 5.74) is -2.25. The molecule has 0 saturated carbocycles. The van der Waals surface area contributed by atoms with Crippen LogP contribution < -0.4 is 85.5 Å². The lowest BCUT2D eigenvalue weighted by Crippen LogP contribution is -2.66. The number of nitrogens with one attached hydrogen (secondary N) is 15. The van der Waals surface area contributed by atoms with E-state index in [0.29, 0.717) is 33.0 Å². The molecular formula is C104H135BrN18O25S. The van der Waals surface area contributed by atoms with Crippen molar-refractivity contribution in [3.05, 3.63) is 165 Å². The van der Waals surface area contributed by atoms with Gasteiger partial charge in [0.05, 0.1) is 31.6 Å². The molecule has 6 heterocycles. The number of carboxylic acid groups (broad SMARTS) is 3. The number of thiophene rings is 1. The average Bonchev–Trinajstić information content (AvgIpc) is 1.64. The van der Waals surface area contributed by atoms with Gasteiger partial charge in [0.1, 0.15) is 88.6 Å². The molecule has 10 rings (SSSR count). The molecule has 1 aromatic heterocycles. The summed E-state index contributed by atoms with van der Waals surface area (Å²) in [5.74, 6) is -21.5. The quantitative estimate of drug-likeness (QED) is 0.0593. The third-order valence-corrected chi connectivity index (χ3v) is 28.6. The number of aromatic carboxylic acids is 1. The maximum Gasteiger partial charge on any atom is 0.409 e. The lowest BCUT2D eigenvalue weighted by Gasteiger charge is -2.38. The number of cyclic esters (lactones) is 1. The second-order valence-electron chi connectivity index (χ2n) is 40.2. The Balaban J connectivity index is 1.06. The fourth-order valence-corrected chi connectivity index (χ4v) is 20.0. The van der Waals surface area contributed by atoms with Crippen molar-refractivity contribution in [2.24, 2.45) is 11.1 Å². The van der Waals surface area contributed by atoms with Crippen LogP contribution in [0.2, 0.25) is 0 Å². The highest BCUT2D eigenvalue weighted by molar-refractivity contribution is 9.10. The largest absolute Gasteiger partial charge is 0.481 e. The third-order valence-electron chi connectivity index (χ3n) is 26.8. The molecule has 4 aromatic carbocycles. The van der Waals surface area contributed by atoms with Gasteiger partial charge >= 0.3 is 24.0 Å². The molecule has 5 aliphatic heterocycles. The number of likely N-dealkylation sites (tertiary alicyclic amines) is 1. The molecule has 18 amide bonds. The van der Waals surface area contributed by atoms with Gasteiger partial charge in [0.2, 0.25) is 100 Å². The molecule has 804 valence electrons. The number of fused-ring (bicyclic) bond motifs is 4. The molecule has 0 unspecified atom stereocenters. The Labute approximate surface area is 874 Å². The van der Waals surface area contributed by atoms with E-state index in [1.165, 1.54) is 75.1 Å². The number of carbonyl (C=O) groups is 21. The van der Waals surface area contributed by atoms with Gasteiger partial charge in [-0.05, 0) is 200 Å². The SMILES string of the molecule is CC(=O)N1CCC[C@]12C/C=C/CCC[C@@]1(CCC/C=C/CCCOC(=O)N3CC[C@@]4(C3)NC(=O)[C@H](CCCCNC(=O)CC[C@@H](C(=O)N[C@@H](C)C(N)=O)NC(=O)[C@H](Cc3csc5ccccc35)NC(=O)[C@H](Cc3ccccc3Br)NC4=O)NC(=O)[C@H](Cc3ccccc3)NC(=O)[C@H](C)NC(=O)C(C)(C)NC(=O)[C@H](Cc3cccc(C(=O)O)c3)NC(=O)[C@H](CC(=O)O)NC1=O)NC(=O)[C@H](CC(C)(C)C)NC(=O)[C@H](CC(=O)O)NC2=O. The fourth-order valence-electron chi connectivity index (χ4n) is 18.6. The number of nitrogens with zero attached hydrogens (tertiary/aromatic N) is 2. The van der Waals surface area contributed by atoms with Crippen LogP contribution in [0.5, 0.6) is 0 Å². The highest BCUT2D eigenvalue weighted by Gasteiger charge is 2.53. The van der Waals surface area contributed by atoms with Gasteiger partial charge in [0, 0.05) is 67.8 Å². The summed E-state index contributed by atoms with van der Waals surface area (Å²) in [4.78, 5) is 310. The third kappa shape index (κ3) is 33.2. The van der Waals surface area contributed by atoms with Gasteiger partial charge in [-0.1, -0.05) is 140 Å². The van der Waals surface area contributed by atoms with Crippen molar-refractivity contribution in [1.82, 2.24) is 89.6 Å². The van der Waals surface area contributed by atoms with Crippen LogP contribution >= 0.6 is 27.3 Å². The van der Waals surface area contributed by atoms with Gasteiger partial charge < -0.3 is 115 Å². The molecule has 5 aromatic rings. The first-order chi connectivity index (χ1) is 70.6. The van der Waals surface area contributed by atoms with Gasteiger partial charge in [0.15, 0.2) is 0 Å². The van der Waals surface area contributed by atoms with E-state index < -0.39 is 257 Å². The number of aliphatic carboxylic acids is 2. The summed E-state index contributed by atoms with van der Waals surface area (Å²) in [5, 5.41) is 73.8. The summed E-state index contributed by atoms with van der Waals surface area (Å²) in [7, 11) is 0. The molecule has 0 radical (unpaired) electrons. The van der Waals surface area contributed by atoms with Gasteiger partial charge in [0.25, 0.3) is 0 Å². The lowest BCUT2D eigenvalue weighted by atomic mass is 9.83. The number of nitrogens with two attached hydrogens (primary N) is 1. The zero-order valence-corrected chi connectivity index (χ0v) is 87.0. The fraction of sp³-hybridized carbons (Fsp3) is 0.510. The molecule has 3 saturated heterocycles. The van der Waals surface area contributed by atoms with E-state index in [4.69, 9.17) is 10.5 Å². The van der Waals surface area contributed by atoms with Crippen LogP contribution in [0.15, 0.2) is 137 Å². The van der Waals surface area contributed by atoms with Crippen LogP contribution in [0.25, 0.3) is 10.1 Å². The van der Waals surface area contributed by atoms with Crippen molar-refractivity contribution < 1.29 is 121 Å². The van der Waals surface area contributed by atoms with Crippen molar-refractivity contribution in [3.8, 4) is 0 Å². The molecule has 20 N–H and O–H groups in total. The smallest absolute Gasteiger partial charge is 0.409 e. The molecule has 149 heavy (non-hydrogen) atoms. The van der Waals surface area contributed by atoms with Crippen LogP contribution in [0.1, 0.15) is 216 Å². The summed E-state index contributed by atoms with van der Waals surface area (Å²) < 4.78 is 7.18. The number of amides is 18. The second kappa shape index (κ2) is 53.4. The van der Waals surface area contributed by atoms with Crippen molar-refractivity contribution in [2.45, 2.75) is 298 Å². The maximum absolute atomic E-state index is 16.2. The van der Waals surface area contributed by atoms with Gasteiger partial charge in [-0.2, -0.15) is 0 Å². The molecular weight excluding hydrogens is 2010 g/mol. The number of carboxylic acids is 3. The Bertz CT molecular complexity index is 5870. The Hall–Kier alpha value is -14.5. The molecule has 5 aliphatic rings. The van der Waals surface area contributed by atoms with E-state index in [2.05, 4.69) is 95.7 Å². The Morgan fingerprint density at radius 1 is 0.530 bits per heavy atom. The van der Waals surface area contributed by atoms with Crippen molar-refractivity contribution in [3.63, 3.8) is 0 Å². The minimum absolute atomic E-state index is 0.00155. The Morgan fingerprint density at radius 3 is 1.74 bits per heavy atom. The van der Waals surface area contributed by atoms with Crippen LogP contribution in [-0.4, -0.2) is 271 Å². The topological polar surface area (TPSA) is 641 Å². The van der Waals surface area contributed by atoms with Crippen LogP contribution in [0, 0.1) is 5.41 Å². The lowest BCUT2D eigenvalue weighted by molar-refractivity contribution is -0.146. The number of carbonyl (C=O) groups excluding carboxylic acids is 18. The van der Waals surface area contributed by atoms with E-state index in [1.54, 1.807) is 111 Å². The van der Waals surface area contributed by atoms with Crippen LogP contribution in [0.3, 0.4) is 0 Å². The van der Waals surface area contributed by atoms with Gasteiger partial charge in [-0.3, -0.25) is 91.1 Å². The molecule has 3 bridgehead atoms. The normalized spacial score (nSPS) is 26.4. The van der Waals surface area contributed by atoms with Crippen molar-refractivity contribution >= 4 is 162 Å². The number of benzene rings is 4. The Kier molecular flexibility index (Phi) is 41.7. The molecule has 45 heteroatoms. The first-order valence-corrected chi connectivity index (χ1v) is 51.6. The van der Waals surface area contributed by atoms with E-state index in [9.17, 15) is 72.9 Å². The maximum atomic E-state index is 16.2. The predicted octanol–water partition coefficient (Wildman–Crippen LogP) is 3.44. The minimum atomic E-state index is -2.25. The molecule has 14 atom stereocenters. The zero-order valence-electron chi connectivity index (χ0n) is 84.6. The van der Waals surface area contributed by atoms with E-state index >= 15 is 43.2 Å². The number of allylic oxidation sites excluding steroid dienone is 3. The Morgan fingerprint density at radius 2 is 1.08 bits per heavy atom. The summed E-state index contributed by atoms with van der Waals surface area (Å²) in [6.07, 6.45) is 0.588. The van der Waals surface area contributed by atoms with E-state index in [1.807, 2.05) is 18.2 Å². The van der Waals surface area contributed by atoms with E-state index in [0.717, 1.165) is 9.60 Å². The summed E-state index contributed by atoms with van der Waals surface area (Å²) >= 11 is 4.92. The van der Waals surface area contributed by atoms with Gasteiger partial charge in [-0.15, -0.1) is 11.3 Å².